The van der Waals surface area contributed by atoms with Gasteiger partial charge in [-0.3, -0.25) is 4.79 Å². The van der Waals surface area contributed by atoms with E-state index >= 15 is 0 Å². The lowest BCUT2D eigenvalue weighted by molar-refractivity contribution is -0.137. The average molecular weight is 393 g/mol. The number of nitrogens with zero attached hydrogens (tertiary/aromatic N) is 5. The summed E-state index contributed by atoms with van der Waals surface area (Å²) in [5.74, 6) is -0.0887. The molecule has 4 rings (SSSR count). The lowest BCUT2D eigenvalue weighted by Gasteiger charge is -2.33. The summed E-state index contributed by atoms with van der Waals surface area (Å²) in [7, 11) is 0. The van der Waals surface area contributed by atoms with Gasteiger partial charge in [-0.15, -0.1) is 0 Å². The number of carbonyl (C=O) groups excluding carboxylic acids is 1. The van der Waals surface area contributed by atoms with Gasteiger partial charge in [0.25, 0.3) is 5.91 Å². The number of alkyl halides is 3. The Balaban J connectivity index is 1.59. The largest absolute Gasteiger partial charge is 0.416 e. The third-order valence-corrected chi connectivity index (χ3v) is 4.31. The number of benzene rings is 1. The number of hydrogen-bond acceptors (Lipinski definition) is 6. The monoisotopic (exact) mass is 393 g/mol. The number of carbonyl (C=O) groups is 1. The summed E-state index contributed by atoms with van der Waals surface area (Å²) in [4.78, 5) is 18.4. The van der Waals surface area contributed by atoms with E-state index in [1.54, 1.807) is 0 Å². The Bertz CT molecular complexity index is 971. The van der Waals surface area contributed by atoms with Crippen LogP contribution in [0, 0.1) is 0 Å². The van der Waals surface area contributed by atoms with Crippen molar-refractivity contribution in [2.24, 2.45) is 0 Å². The first-order valence-electron chi connectivity index (χ1n) is 8.32. The number of rotatable bonds is 3. The zero-order valence-electron chi connectivity index (χ0n) is 14.3. The maximum Gasteiger partial charge on any atom is 0.416 e. The van der Waals surface area contributed by atoms with Crippen LogP contribution in [0.1, 0.15) is 27.9 Å². The van der Waals surface area contributed by atoms with Crippen LogP contribution in [0.4, 0.5) is 13.2 Å². The molecule has 0 spiro atoms. The van der Waals surface area contributed by atoms with Gasteiger partial charge in [0, 0.05) is 12.7 Å². The van der Waals surface area contributed by atoms with Crippen LogP contribution >= 0.6 is 0 Å². The van der Waals surface area contributed by atoms with E-state index in [-0.39, 0.29) is 18.0 Å². The third-order valence-electron chi connectivity index (χ3n) is 4.31. The van der Waals surface area contributed by atoms with Crippen LogP contribution in [0.15, 0.2) is 47.4 Å². The van der Waals surface area contributed by atoms with Crippen molar-refractivity contribution in [1.82, 2.24) is 24.8 Å². The second kappa shape index (κ2) is 7.08. The van der Waals surface area contributed by atoms with E-state index in [1.165, 1.54) is 34.0 Å². The van der Waals surface area contributed by atoms with Crippen molar-refractivity contribution in [2.45, 2.75) is 12.2 Å². The van der Waals surface area contributed by atoms with Crippen molar-refractivity contribution in [2.75, 3.05) is 19.8 Å². The van der Waals surface area contributed by atoms with Crippen LogP contribution in [0.2, 0.25) is 0 Å². The second-order valence-corrected chi connectivity index (χ2v) is 6.07. The average Bonchev–Trinajstić information content (AvgIpc) is 3.39. The Morgan fingerprint density at radius 3 is 2.86 bits per heavy atom. The summed E-state index contributed by atoms with van der Waals surface area (Å²) in [6, 6.07) is 5.63. The molecule has 1 aliphatic rings. The molecule has 1 saturated heterocycles. The fourth-order valence-corrected chi connectivity index (χ4v) is 2.94. The first-order chi connectivity index (χ1) is 13.4. The standard InChI is InChI=1S/C17H14F3N5O3/c18-17(19,20)11-2-1-3-12(8-11)25-5-4-13(22-25)16(26)24-6-7-27-9-14(24)15-21-10-28-23-15/h1-5,8,10,14H,6-7,9H2. The summed E-state index contributed by atoms with van der Waals surface area (Å²) in [5.41, 5.74) is -0.503. The highest BCUT2D eigenvalue weighted by Crippen LogP contribution is 2.30. The Kier molecular flexibility index (Phi) is 4.59. The van der Waals surface area contributed by atoms with E-state index in [0.29, 0.717) is 19.0 Å². The number of halogens is 3. The van der Waals surface area contributed by atoms with Gasteiger partial charge < -0.3 is 14.2 Å². The molecule has 1 amide bonds. The van der Waals surface area contributed by atoms with Crippen LogP contribution in [-0.2, 0) is 10.9 Å². The van der Waals surface area contributed by atoms with Gasteiger partial charge in [-0.1, -0.05) is 11.2 Å². The zero-order valence-corrected chi connectivity index (χ0v) is 14.3. The molecule has 0 bridgehead atoms. The number of hydrogen-bond donors (Lipinski definition) is 0. The van der Waals surface area contributed by atoms with E-state index < -0.39 is 23.7 Å². The molecule has 11 heteroatoms. The predicted octanol–water partition coefficient (Wildman–Crippen LogP) is 2.49. The van der Waals surface area contributed by atoms with Crippen LogP contribution < -0.4 is 0 Å². The predicted molar refractivity (Wildman–Crippen MR) is 87.5 cm³/mol. The molecule has 0 saturated carbocycles. The van der Waals surface area contributed by atoms with E-state index in [1.807, 2.05) is 0 Å². The number of ether oxygens (including phenoxy) is 1. The Morgan fingerprint density at radius 1 is 1.25 bits per heavy atom. The molecule has 146 valence electrons. The molecule has 8 nitrogen and oxygen atoms in total. The molecule has 28 heavy (non-hydrogen) atoms. The number of aromatic nitrogens is 4. The van der Waals surface area contributed by atoms with Crippen molar-refractivity contribution < 1.29 is 27.2 Å². The molecule has 3 aromatic rings. The van der Waals surface area contributed by atoms with Gasteiger partial charge >= 0.3 is 6.18 Å². The molecule has 1 fully saturated rings. The molecule has 2 aromatic heterocycles. The summed E-state index contributed by atoms with van der Waals surface area (Å²) in [5, 5.41) is 7.91. The minimum absolute atomic E-state index is 0.0906. The van der Waals surface area contributed by atoms with E-state index in [2.05, 4.69) is 15.2 Å². The van der Waals surface area contributed by atoms with Gasteiger partial charge in [-0.2, -0.15) is 23.3 Å². The van der Waals surface area contributed by atoms with Crippen molar-refractivity contribution in [3.05, 3.63) is 60.0 Å². The van der Waals surface area contributed by atoms with Gasteiger partial charge in [0.2, 0.25) is 6.39 Å². The lowest BCUT2D eigenvalue weighted by Crippen LogP contribution is -2.44. The molecule has 0 N–H and O–H groups in total. The van der Waals surface area contributed by atoms with Crippen LogP contribution in [-0.4, -0.2) is 50.5 Å². The molecule has 1 aromatic carbocycles. The summed E-state index contributed by atoms with van der Waals surface area (Å²) >= 11 is 0. The molecule has 3 heterocycles. The van der Waals surface area contributed by atoms with Crippen LogP contribution in [0.3, 0.4) is 0 Å². The SMILES string of the molecule is O=C(c1ccn(-c2cccc(C(F)(F)F)c2)n1)N1CCOCC1c1ncon1. The number of amides is 1. The van der Waals surface area contributed by atoms with E-state index in [4.69, 9.17) is 9.26 Å². The molecule has 0 radical (unpaired) electrons. The molecule has 1 unspecified atom stereocenters. The highest BCUT2D eigenvalue weighted by Gasteiger charge is 2.33. The smallest absolute Gasteiger partial charge is 0.377 e. The molecular weight excluding hydrogens is 379 g/mol. The third kappa shape index (κ3) is 3.48. The second-order valence-electron chi connectivity index (χ2n) is 6.07. The topological polar surface area (TPSA) is 86.3 Å². The highest BCUT2D eigenvalue weighted by molar-refractivity contribution is 5.92. The summed E-state index contributed by atoms with van der Waals surface area (Å²) in [6.45, 7) is 0.850. The zero-order chi connectivity index (χ0) is 19.7. The Hall–Kier alpha value is -3.21. The fourth-order valence-electron chi connectivity index (χ4n) is 2.94. The maximum absolute atomic E-state index is 12.9. The van der Waals surface area contributed by atoms with Crippen molar-refractivity contribution >= 4 is 5.91 Å². The maximum atomic E-state index is 12.9. The van der Waals surface area contributed by atoms with Crippen LogP contribution in [0.5, 0.6) is 0 Å². The Labute approximate surface area is 156 Å². The molecule has 1 aliphatic heterocycles. The highest BCUT2D eigenvalue weighted by atomic mass is 19.4. The van der Waals surface area contributed by atoms with Gasteiger partial charge in [-0.25, -0.2) is 4.68 Å². The first-order valence-corrected chi connectivity index (χ1v) is 8.32. The van der Waals surface area contributed by atoms with Crippen molar-refractivity contribution in [3.63, 3.8) is 0 Å². The van der Waals surface area contributed by atoms with E-state index in [9.17, 15) is 18.0 Å². The molecular formula is C17H14F3N5O3. The summed E-state index contributed by atoms with van der Waals surface area (Å²) < 4.78 is 50.1. The number of morpholine rings is 1. The lowest BCUT2D eigenvalue weighted by atomic mass is 10.2. The first kappa shape index (κ1) is 18.2. The summed E-state index contributed by atoms with van der Waals surface area (Å²) in [6.07, 6.45) is -1.87. The van der Waals surface area contributed by atoms with Gasteiger partial charge in [0.05, 0.1) is 24.5 Å². The van der Waals surface area contributed by atoms with Gasteiger partial charge in [-0.05, 0) is 24.3 Å². The minimum atomic E-state index is -4.46. The Morgan fingerprint density at radius 2 is 2.11 bits per heavy atom. The van der Waals surface area contributed by atoms with Gasteiger partial charge in [0.15, 0.2) is 11.5 Å². The van der Waals surface area contributed by atoms with Gasteiger partial charge in [0.1, 0.15) is 6.04 Å². The quantitative estimate of drug-likeness (QED) is 0.680. The fraction of sp³-hybridized carbons (Fsp3) is 0.294. The van der Waals surface area contributed by atoms with Crippen molar-refractivity contribution in [3.8, 4) is 5.69 Å². The molecule has 0 aliphatic carbocycles. The van der Waals surface area contributed by atoms with Crippen molar-refractivity contribution in [1.29, 1.82) is 0 Å². The minimum Gasteiger partial charge on any atom is -0.377 e. The molecule has 1 atom stereocenters. The normalized spacial score (nSPS) is 17.7. The van der Waals surface area contributed by atoms with Crippen LogP contribution in [0.25, 0.3) is 5.69 Å². The van der Waals surface area contributed by atoms with E-state index in [0.717, 1.165) is 18.5 Å².